The molecule has 1 saturated heterocycles. The van der Waals surface area contributed by atoms with E-state index in [0.29, 0.717) is 25.3 Å². The van der Waals surface area contributed by atoms with Crippen LogP contribution < -0.4 is 5.43 Å². The standard InChI is InChI=1S/C21H33N5O3S/c1-5-17(4)26(16-21(27)25-14-8-9-19(25)15-22)23-18-10-12-20(13-11-18)30(28,29)24(6-2)7-3/h10-13,17,19,23H,5-9,14,16H2,1-4H3/t17-,19?/m0/s1. The molecule has 0 aromatic heterocycles. The quantitative estimate of drug-likeness (QED) is 0.568. The van der Waals surface area contributed by atoms with Crippen LogP contribution in [0.15, 0.2) is 29.2 Å². The fraction of sp³-hybridized carbons (Fsp3) is 0.619. The molecule has 2 atom stereocenters. The number of hydrogen-bond donors (Lipinski definition) is 1. The third-order valence-electron chi connectivity index (χ3n) is 5.62. The first-order valence-electron chi connectivity index (χ1n) is 10.6. The van der Waals surface area contributed by atoms with E-state index < -0.39 is 10.0 Å². The van der Waals surface area contributed by atoms with E-state index in [1.165, 1.54) is 4.31 Å². The summed E-state index contributed by atoms with van der Waals surface area (Å²) in [4.78, 5) is 14.7. The van der Waals surface area contributed by atoms with Gasteiger partial charge in [0.15, 0.2) is 0 Å². The van der Waals surface area contributed by atoms with Crippen LogP contribution in [-0.2, 0) is 14.8 Å². The summed E-state index contributed by atoms with van der Waals surface area (Å²) in [7, 11) is -3.51. The van der Waals surface area contributed by atoms with E-state index in [9.17, 15) is 18.5 Å². The van der Waals surface area contributed by atoms with E-state index in [0.717, 1.165) is 19.3 Å². The lowest BCUT2D eigenvalue weighted by Gasteiger charge is -2.31. The zero-order valence-electron chi connectivity index (χ0n) is 18.3. The Labute approximate surface area is 180 Å². The van der Waals surface area contributed by atoms with Crippen molar-refractivity contribution in [1.82, 2.24) is 14.2 Å². The average molecular weight is 436 g/mol. The van der Waals surface area contributed by atoms with Gasteiger partial charge in [-0.2, -0.15) is 9.57 Å². The van der Waals surface area contributed by atoms with Crippen LogP contribution in [0.4, 0.5) is 5.69 Å². The Morgan fingerprint density at radius 2 is 1.90 bits per heavy atom. The number of carbonyl (C=O) groups excluding carboxylic acids is 1. The highest BCUT2D eigenvalue weighted by molar-refractivity contribution is 7.89. The first-order valence-corrected chi connectivity index (χ1v) is 12.0. The largest absolute Gasteiger partial charge is 0.325 e. The third-order valence-corrected chi connectivity index (χ3v) is 7.68. The van der Waals surface area contributed by atoms with Crippen LogP contribution in [0.1, 0.15) is 47.0 Å². The van der Waals surface area contributed by atoms with Gasteiger partial charge in [-0.05, 0) is 50.5 Å². The molecule has 2 rings (SSSR count). The van der Waals surface area contributed by atoms with Gasteiger partial charge in [-0.25, -0.2) is 13.4 Å². The van der Waals surface area contributed by atoms with Crippen molar-refractivity contribution >= 4 is 21.6 Å². The van der Waals surface area contributed by atoms with Crippen LogP contribution >= 0.6 is 0 Å². The highest BCUT2D eigenvalue weighted by Gasteiger charge is 2.30. The Kier molecular flexibility index (Phi) is 8.65. The summed E-state index contributed by atoms with van der Waals surface area (Å²) >= 11 is 0. The van der Waals surface area contributed by atoms with E-state index in [4.69, 9.17) is 0 Å². The van der Waals surface area contributed by atoms with Crippen molar-refractivity contribution in [2.24, 2.45) is 0 Å². The molecule has 1 aromatic carbocycles. The van der Waals surface area contributed by atoms with E-state index in [1.807, 2.05) is 32.7 Å². The van der Waals surface area contributed by atoms with Gasteiger partial charge in [0.25, 0.3) is 0 Å². The van der Waals surface area contributed by atoms with Crippen molar-refractivity contribution < 1.29 is 13.2 Å². The molecule has 1 aromatic rings. The zero-order chi connectivity index (χ0) is 22.3. The molecule has 0 spiro atoms. The van der Waals surface area contributed by atoms with Crippen LogP contribution in [0.2, 0.25) is 0 Å². The smallest absolute Gasteiger partial charge is 0.243 e. The number of amides is 1. The zero-order valence-corrected chi connectivity index (χ0v) is 19.2. The van der Waals surface area contributed by atoms with Gasteiger partial charge < -0.3 is 10.3 Å². The highest BCUT2D eigenvalue weighted by atomic mass is 32.2. The van der Waals surface area contributed by atoms with Crippen LogP contribution in [0.5, 0.6) is 0 Å². The highest BCUT2D eigenvalue weighted by Crippen LogP contribution is 2.21. The second kappa shape index (κ2) is 10.8. The first kappa shape index (κ1) is 24.1. The molecule has 1 amide bonds. The first-order chi connectivity index (χ1) is 14.3. The van der Waals surface area contributed by atoms with Crippen LogP contribution in [0.25, 0.3) is 0 Å². The molecule has 1 fully saturated rings. The van der Waals surface area contributed by atoms with Crippen molar-refractivity contribution in [3.8, 4) is 6.07 Å². The normalized spacial score (nSPS) is 17.9. The van der Waals surface area contributed by atoms with E-state index in [1.54, 1.807) is 29.2 Å². The molecule has 1 N–H and O–H groups in total. The number of nitrogens with one attached hydrogen (secondary N) is 1. The Bertz CT molecular complexity index is 846. The summed E-state index contributed by atoms with van der Waals surface area (Å²) in [6, 6.07) is 8.53. The number of likely N-dealkylation sites (tertiary alicyclic amines) is 1. The van der Waals surface area contributed by atoms with Crippen molar-refractivity contribution in [2.75, 3.05) is 31.6 Å². The molecule has 9 heteroatoms. The lowest BCUT2D eigenvalue weighted by molar-refractivity contribution is -0.132. The minimum absolute atomic E-state index is 0.0763. The third kappa shape index (κ3) is 5.50. The Hall–Kier alpha value is -2.15. The molecule has 30 heavy (non-hydrogen) atoms. The average Bonchev–Trinajstić information content (AvgIpc) is 3.22. The molecule has 0 aliphatic carbocycles. The van der Waals surface area contributed by atoms with Crippen molar-refractivity contribution in [3.05, 3.63) is 24.3 Å². The summed E-state index contributed by atoms with van der Waals surface area (Å²) in [5.41, 5.74) is 3.96. The maximum Gasteiger partial charge on any atom is 0.243 e. The summed E-state index contributed by atoms with van der Waals surface area (Å²) in [6.07, 6.45) is 2.40. The minimum Gasteiger partial charge on any atom is -0.325 e. The molecule has 1 unspecified atom stereocenters. The number of nitrogens with zero attached hydrogens (tertiary/aromatic N) is 4. The van der Waals surface area contributed by atoms with Crippen molar-refractivity contribution in [3.63, 3.8) is 0 Å². The Morgan fingerprint density at radius 3 is 2.43 bits per heavy atom. The van der Waals surface area contributed by atoms with E-state index in [-0.39, 0.29) is 29.4 Å². The Morgan fingerprint density at radius 1 is 1.27 bits per heavy atom. The van der Waals surface area contributed by atoms with E-state index in [2.05, 4.69) is 11.5 Å². The van der Waals surface area contributed by atoms with Gasteiger partial charge in [-0.3, -0.25) is 4.79 Å². The minimum atomic E-state index is -3.51. The van der Waals surface area contributed by atoms with Gasteiger partial charge in [-0.1, -0.05) is 20.8 Å². The molecule has 1 aliphatic heterocycles. The molecule has 0 radical (unpaired) electrons. The lowest BCUT2D eigenvalue weighted by atomic mass is 10.2. The van der Waals surface area contributed by atoms with Gasteiger partial charge >= 0.3 is 0 Å². The molecular weight excluding hydrogens is 402 g/mol. The summed E-state index contributed by atoms with van der Waals surface area (Å²) < 4.78 is 26.7. The molecular formula is C21H33N5O3S. The second-order valence-electron chi connectivity index (χ2n) is 7.48. The van der Waals surface area contributed by atoms with Crippen molar-refractivity contribution in [2.45, 2.75) is 63.9 Å². The van der Waals surface area contributed by atoms with Gasteiger partial charge in [-0.15, -0.1) is 0 Å². The summed E-state index contributed by atoms with van der Waals surface area (Å²) in [6.45, 7) is 9.29. The lowest BCUT2D eigenvalue weighted by Crippen LogP contribution is -2.47. The number of hydrogen-bond acceptors (Lipinski definition) is 6. The number of hydrazine groups is 1. The number of anilines is 1. The monoisotopic (exact) mass is 435 g/mol. The summed E-state index contributed by atoms with van der Waals surface area (Å²) in [5, 5.41) is 11.1. The van der Waals surface area contributed by atoms with Crippen molar-refractivity contribution in [1.29, 1.82) is 5.26 Å². The maximum absolute atomic E-state index is 12.8. The van der Waals surface area contributed by atoms with Gasteiger partial charge in [0.05, 0.1) is 17.5 Å². The topological polar surface area (TPSA) is 96.7 Å². The number of nitriles is 1. The summed E-state index contributed by atoms with van der Waals surface area (Å²) in [5.74, 6) is -0.0763. The fourth-order valence-electron chi connectivity index (χ4n) is 3.54. The number of rotatable bonds is 10. The number of sulfonamides is 1. The molecule has 1 heterocycles. The van der Waals surface area contributed by atoms with Gasteiger partial charge in [0, 0.05) is 31.4 Å². The SMILES string of the molecule is CC[C@H](C)N(CC(=O)N1CCCC1C#N)Nc1ccc(S(=O)(=O)N(CC)CC)cc1. The fourth-order valence-corrected chi connectivity index (χ4v) is 5.00. The molecule has 1 aliphatic rings. The molecule has 8 nitrogen and oxygen atoms in total. The molecule has 0 bridgehead atoms. The molecule has 0 saturated carbocycles. The van der Waals surface area contributed by atoms with Gasteiger partial charge in [0.2, 0.25) is 15.9 Å². The number of benzene rings is 1. The Balaban J connectivity index is 2.13. The van der Waals surface area contributed by atoms with Crippen LogP contribution in [0, 0.1) is 11.3 Å². The maximum atomic E-state index is 12.8. The predicted octanol–water partition coefficient (Wildman–Crippen LogP) is 2.66. The number of carbonyl (C=O) groups is 1. The van der Waals surface area contributed by atoms with Crippen LogP contribution in [0.3, 0.4) is 0 Å². The van der Waals surface area contributed by atoms with Gasteiger partial charge in [0.1, 0.15) is 6.04 Å². The molecule has 166 valence electrons. The van der Waals surface area contributed by atoms with E-state index >= 15 is 0 Å². The predicted molar refractivity (Wildman–Crippen MR) is 117 cm³/mol. The van der Waals surface area contributed by atoms with Crippen LogP contribution in [-0.4, -0.2) is 66.8 Å². The second-order valence-corrected chi connectivity index (χ2v) is 9.42.